The van der Waals surface area contributed by atoms with Crippen LogP contribution in [0, 0.1) is 0 Å². The third-order valence-corrected chi connectivity index (χ3v) is 1.66. The van der Waals surface area contributed by atoms with Crippen LogP contribution in [0.5, 0.6) is 0 Å². The van der Waals surface area contributed by atoms with E-state index in [2.05, 4.69) is 6.58 Å². The first-order valence-electron chi connectivity index (χ1n) is 4.20. The maximum absolute atomic E-state index is 11.1. The molecule has 0 aromatic heterocycles. The molecule has 0 saturated carbocycles. The van der Waals surface area contributed by atoms with Crippen LogP contribution in [0.4, 0.5) is 0 Å². The van der Waals surface area contributed by atoms with Gasteiger partial charge >= 0.3 is 5.97 Å². The summed E-state index contributed by atoms with van der Waals surface area (Å²) in [5.41, 5.74) is 0.366. The SMILES string of the molecule is C=C(C)C(=O)OC(CC)N(C)CO. The summed E-state index contributed by atoms with van der Waals surface area (Å²) in [6.07, 6.45) is 0.255. The number of hydrogen-bond donors (Lipinski definition) is 1. The first kappa shape index (κ1) is 12.1. The van der Waals surface area contributed by atoms with Crippen molar-refractivity contribution in [2.45, 2.75) is 26.5 Å². The average Bonchev–Trinajstić information content (AvgIpc) is 2.12. The first-order chi connectivity index (χ1) is 6.02. The van der Waals surface area contributed by atoms with E-state index in [1.165, 1.54) is 0 Å². The quantitative estimate of drug-likeness (QED) is 0.391. The van der Waals surface area contributed by atoms with Gasteiger partial charge in [0, 0.05) is 5.57 Å². The largest absolute Gasteiger partial charge is 0.443 e. The Kier molecular flexibility index (Phi) is 5.34. The van der Waals surface area contributed by atoms with Gasteiger partial charge in [-0.15, -0.1) is 0 Å². The second kappa shape index (κ2) is 5.72. The molecule has 0 aliphatic carbocycles. The van der Waals surface area contributed by atoms with Gasteiger partial charge in [0.2, 0.25) is 0 Å². The van der Waals surface area contributed by atoms with E-state index in [-0.39, 0.29) is 13.0 Å². The van der Waals surface area contributed by atoms with Crippen molar-refractivity contribution in [3.63, 3.8) is 0 Å². The van der Waals surface area contributed by atoms with Crippen LogP contribution >= 0.6 is 0 Å². The molecule has 1 atom stereocenters. The summed E-state index contributed by atoms with van der Waals surface area (Å²) in [5.74, 6) is -0.424. The number of ether oxygens (including phenoxy) is 1. The van der Waals surface area contributed by atoms with E-state index in [1.54, 1.807) is 18.9 Å². The highest BCUT2D eigenvalue weighted by Gasteiger charge is 2.16. The molecule has 0 aromatic rings. The highest BCUT2D eigenvalue weighted by Crippen LogP contribution is 2.05. The molecule has 4 heteroatoms. The van der Waals surface area contributed by atoms with E-state index >= 15 is 0 Å². The van der Waals surface area contributed by atoms with Crippen LogP contribution < -0.4 is 0 Å². The van der Waals surface area contributed by atoms with Crippen molar-refractivity contribution in [2.24, 2.45) is 0 Å². The molecule has 0 bridgehead atoms. The molecule has 0 rings (SSSR count). The molecule has 0 aromatic carbocycles. The van der Waals surface area contributed by atoms with Crippen LogP contribution in [0.2, 0.25) is 0 Å². The molecule has 0 aliphatic heterocycles. The van der Waals surface area contributed by atoms with Crippen LogP contribution in [-0.2, 0) is 9.53 Å². The summed E-state index contributed by atoms with van der Waals surface area (Å²) >= 11 is 0. The smallest absolute Gasteiger partial charge is 0.334 e. The minimum Gasteiger partial charge on any atom is -0.443 e. The maximum atomic E-state index is 11.1. The average molecular weight is 187 g/mol. The molecule has 0 radical (unpaired) electrons. The lowest BCUT2D eigenvalue weighted by Gasteiger charge is -2.24. The summed E-state index contributed by atoms with van der Waals surface area (Å²) in [6, 6.07) is 0. The van der Waals surface area contributed by atoms with E-state index < -0.39 is 5.97 Å². The number of aliphatic hydroxyl groups excluding tert-OH is 1. The minimum atomic E-state index is -0.424. The van der Waals surface area contributed by atoms with Gasteiger partial charge < -0.3 is 9.84 Å². The highest BCUT2D eigenvalue weighted by atomic mass is 16.6. The lowest BCUT2D eigenvalue weighted by atomic mass is 10.3. The molecule has 1 unspecified atom stereocenters. The number of rotatable bonds is 5. The number of esters is 1. The molecule has 0 amide bonds. The molecule has 0 aliphatic rings. The number of carbonyl (C=O) groups is 1. The Bertz CT molecular complexity index is 191. The van der Waals surface area contributed by atoms with Gasteiger partial charge in [-0.3, -0.25) is 0 Å². The topological polar surface area (TPSA) is 49.8 Å². The fourth-order valence-electron chi connectivity index (χ4n) is 0.800. The summed E-state index contributed by atoms with van der Waals surface area (Å²) in [6.45, 7) is 6.80. The van der Waals surface area contributed by atoms with Crippen molar-refractivity contribution in [2.75, 3.05) is 13.8 Å². The predicted molar refractivity (Wildman–Crippen MR) is 49.8 cm³/mol. The predicted octanol–water partition coefficient (Wildman–Crippen LogP) is 0.723. The molecule has 76 valence electrons. The summed E-state index contributed by atoms with van der Waals surface area (Å²) in [5, 5.41) is 8.80. The second-order valence-electron chi connectivity index (χ2n) is 2.95. The lowest BCUT2D eigenvalue weighted by molar-refractivity contribution is -0.156. The van der Waals surface area contributed by atoms with Gasteiger partial charge in [0.05, 0.1) is 6.73 Å². The summed E-state index contributed by atoms with van der Waals surface area (Å²) in [4.78, 5) is 12.6. The molecular weight excluding hydrogens is 170 g/mol. The zero-order valence-electron chi connectivity index (χ0n) is 8.41. The fraction of sp³-hybridized carbons (Fsp3) is 0.667. The van der Waals surface area contributed by atoms with E-state index in [4.69, 9.17) is 9.84 Å². The van der Waals surface area contributed by atoms with E-state index in [0.29, 0.717) is 12.0 Å². The standard InChI is InChI=1S/C9H17NO3/c1-5-8(10(4)6-11)13-9(12)7(2)3/h8,11H,2,5-6H2,1,3-4H3. The Hall–Kier alpha value is -0.870. The molecule has 4 nitrogen and oxygen atoms in total. The summed E-state index contributed by atoms with van der Waals surface area (Å²) in [7, 11) is 1.68. The van der Waals surface area contributed by atoms with Gasteiger partial charge in [0.25, 0.3) is 0 Å². The molecule has 0 saturated heterocycles. The Morgan fingerprint density at radius 1 is 1.69 bits per heavy atom. The Labute approximate surface area is 78.8 Å². The van der Waals surface area contributed by atoms with Crippen molar-refractivity contribution in [3.8, 4) is 0 Å². The van der Waals surface area contributed by atoms with Crippen LogP contribution in [0.1, 0.15) is 20.3 Å². The molecule has 13 heavy (non-hydrogen) atoms. The van der Waals surface area contributed by atoms with Crippen LogP contribution in [0.25, 0.3) is 0 Å². The normalized spacial score (nSPS) is 12.7. The monoisotopic (exact) mass is 187 g/mol. The Balaban J connectivity index is 4.12. The van der Waals surface area contributed by atoms with Gasteiger partial charge in [-0.05, 0) is 20.4 Å². The fourth-order valence-corrected chi connectivity index (χ4v) is 0.800. The molecule has 0 fully saturated rings. The van der Waals surface area contributed by atoms with Gasteiger partial charge in [-0.25, -0.2) is 9.69 Å². The third-order valence-electron chi connectivity index (χ3n) is 1.66. The van der Waals surface area contributed by atoms with Crippen molar-refractivity contribution < 1.29 is 14.6 Å². The number of aliphatic hydroxyl groups is 1. The molecule has 0 spiro atoms. The number of carbonyl (C=O) groups excluding carboxylic acids is 1. The van der Waals surface area contributed by atoms with Crippen LogP contribution in [0.3, 0.4) is 0 Å². The maximum Gasteiger partial charge on any atom is 0.334 e. The molecular formula is C9H17NO3. The van der Waals surface area contributed by atoms with Crippen LogP contribution in [0.15, 0.2) is 12.2 Å². The summed E-state index contributed by atoms with van der Waals surface area (Å²) < 4.78 is 5.04. The van der Waals surface area contributed by atoms with Crippen molar-refractivity contribution in [1.82, 2.24) is 4.90 Å². The Morgan fingerprint density at radius 3 is 2.54 bits per heavy atom. The lowest BCUT2D eigenvalue weighted by Crippen LogP contribution is -2.36. The first-order valence-corrected chi connectivity index (χ1v) is 4.20. The van der Waals surface area contributed by atoms with Crippen molar-refractivity contribution in [3.05, 3.63) is 12.2 Å². The van der Waals surface area contributed by atoms with Gasteiger partial charge in [-0.2, -0.15) is 0 Å². The van der Waals surface area contributed by atoms with Gasteiger partial charge in [0.1, 0.15) is 0 Å². The second-order valence-corrected chi connectivity index (χ2v) is 2.95. The zero-order valence-corrected chi connectivity index (χ0v) is 8.41. The van der Waals surface area contributed by atoms with E-state index in [9.17, 15) is 4.79 Å². The third kappa shape index (κ3) is 4.05. The Morgan fingerprint density at radius 2 is 2.23 bits per heavy atom. The molecule has 1 N–H and O–H groups in total. The number of nitrogens with zero attached hydrogens (tertiary/aromatic N) is 1. The zero-order chi connectivity index (χ0) is 10.4. The molecule has 0 heterocycles. The minimum absolute atomic E-state index is 0.137. The highest BCUT2D eigenvalue weighted by molar-refractivity contribution is 5.87. The van der Waals surface area contributed by atoms with Crippen molar-refractivity contribution in [1.29, 1.82) is 0 Å². The van der Waals surface area contributed by atoms with Gasteiger partial charge in [-0.1, -0.05) is 13.5 Å². The van der Waals surface area contributed by atoms with Crippen LogP contribution in [-0.4, -0.2) is 36.0 Å². The van der Waals surface area contributed by atoms with Crippen molar-refractivity contribution >= 4 is 5.97 Å². The van der Waals surface area contributed by atoms with E-state index in [0.717, 1.165) is 0 Å². The van der Waals surface area contributed by atoms with E-state index in [1.807, 2.05) is 6.92 Å². The van der Waals surface area contributed by atoms with Gasteiger partial charge in [0.15, 0.2) is 6.23 Å². The number of hydrogen-bond acceptors (Lipinski definition) is 4.